The smallest absolute Gasteiger partial charge is 0.0491 e. The maximum Gasteiger partial charge on any atom is 0.0491 e. The zero-order valence-corrected chi connectivity index (χ0v) is 13.2. The molecule has 0 atom stereocenters. The van der Waals surface area contributed by atoms with Gasteiger partial charge in [0, 0.05) is 26.9 Å². The number of aryl methyl sites for hydroxylation is 1. The summed E-state index contributed by atoms with van der Waals surface area (Å²) in [5.74, 6) is 0. The monoisotopic (exact) mass is 368 g/mol. The molecular weight excluding hydrogens is 356 g/mol. The van der Waals surface area contributed by atoms with E-state index in [4.69, 9.17) is 5.73 Å². The molecule has 4 heteroatoms. The number of halogens is 2. The normalized spacial score (nSPS) is 10.4. The minimum atomic E-state index is 0.767. The molecule has 0 saturated carbocycles. The fourth-order valence-corrected chi connectivity index (χ4v) is 2.59. The number of rotatable bonds is 3. The molecule has 0 aliphatic carbocycles. The first-order valence-corrected chi connectivity index (χ1v) is 7.19. The van der Waals surface area contributed by atoms with Gasteiger partial charge in [-0.25, -0.2) is 0 Å². The number of hydrogen-bond acceptors (Lipinski definition) is 2. The van der Waals surface area contributed by atoms with Crippen LogP contribution in [0.5, 0.6) is 0 Å². The van der Waals surface area contributed by atoms with E-state index in [1.807, 2.05) is 31.2 Å². The highest BCUT2D eigenvalue weighted by molar-refractivity contribution is 9.11. The Morgan fingerprint density at radius 2 is 1.83 bits per heavy atom. The van der Waals surface area contributed by atoms with Crippen LogP contribution in [0.4, 0.5) is 11.4 Å². The molecule has 0 radical (unpaired) electrons. The Balaban J connectivity index is 2.16. The zero-order valence-electron chi connectivity index (χ0n) is 10.0. The van der Waals surface area contributed by atoms with E-state index in [9.17, 15) is 0 Å². The lowest BCUT2D eigenvalue weighted by Gasteiger charge is -2.12. The van der Waals surface area contributed by atoms with Crippen LogP contribution in [0.1, 0.15) is 11.1 Å². The Morgan fingerprint density at radius 1 is 1.11 bits per heavy atom. The third-order valence-electron chi connectivity index (χ3n) is 2.78. The van der Waals surface area contributed by atoms with Crippen LogP contribution in [0, 0.1) is 6.92 Å². The van der Waals surface area contributed by atoms with Crippen LogP contribution in [0.3, 0.4) is 0 Å². The molecule has 2 nitrogen and oxygen atoms in total. The van der Waals surface area contributed by atoms with Gasteiger partial charge in [0.25, 0.3) is 0 Å². The number of benzene rings is 2. The highest BCUT2D eigenvalue weighted by atomic mass is 79.9. The van der Waals surface area contributed by atoms with Crippen molar-refractivity contribution in [2.45, 2.75) is 13.5 Å². The van der Waals surface area contributed by atoms with E-state index in [-0.39, 0.29) is 0 Å². The lowest BCUT2D eigenvalue weighted by molar-refractivity contribution is 1.13. The van der Waals surface area contributed by atoms with E-state index in [0.717, 1.165) is 32.4 Å². The number of nitrogens with two attached hydrogens (primary N) is 1. The van der Waals surface area contributed by atoms with Gasteiger partial charge >= 0.3 is 0 Å². The molecule has 18 heavy (non-hydrogen) atoms. The third kappa shape index (κ3) is 3.06. The SMILES string of the molecule is Cc1cc(NCc2ccccc2Br)c(Br)cc1N. The van der Waals surface area contributed by atoms with Crippen LogP contribution in [-0.4, -0.2) is 0 Å². The maximum atomic E-state index is 5.86. The van der Waals surface area contributed by atoms with Crippen LogP contribution in [-0.2, 0) is 6.54 Å². The molecule has 0 bridgehead atoms. The Kier molecular flexibility index (Phi) is 4.30. The van der Waals surface area contributed by atoms with Crippen molar-refractivity contribution in [2.24, 2.45) is 0 Å². The summed E-state index contributed by atoms with van der Waals surface area (Å²) >= 11 is 7.06. The van der Waals surface area contributed by atoms with Gasteiger partial charge < -0.3 is 11.1 Å². The minimum absolute atomic E-state index is 0.767. The summed E-state index contributed by atoms with van der Waals surface area (Å²) in [6.45, 7) is 2.77. The molecule has 2 rings (SSSR count). The van der Waals surface area contributed by atoms with Gasteiger partial charge in [0.2, 0.25) is 0 Å². The summed E-state index contributed by atoms with van der Waals surface area (Å²) in [7, 11) is 0. The second-order valence-electron chi connectivity index (χ2n) is 4.13. The van der Waals surface area contributed by atoms with E-state index < -0.39 is 0 Å². The Morgan fingerprint density at radius 3 is 2.56 bits per heavy atom. The fraction of sp³-hybridized carbons (Fsp3) is 0.143. The van der Waals surface area contributed by atoms with Crippen LogP contribution in [0.2, 0.25) is 0 Å². The quantitative estimate of drug-likeness (QED) is 0.768. The van der Waals surface area contributed by atoms with E-state index in [1.165, 1.54) is 5.56 Å². The molecule has 3 N–H and O–H groups in total. The van der Waals surface area contributed by atoms with Crippen molar-refractivity contribution in [2.75, 3.05) is 11.1 Å². The summed E-state index contributed by atoms with van der Waals surface area (Å²) < 4.78 is 2.10. The zero-order chi connectivity index (χ0) is 13.1. The Bertz CT molecular complexity index is 568. The van der Waals surface area contributed by atoms with Crippen LogP contribution >= 0.6 is 31.9 Å². The average molecular weight is 370 g/mol. The molecule has 2 aromatic carbocycles. The first kappa shape index (κ1) is 13.4. The standard InChI is InChI=1S/C14H14Br2N2/c1-9-6-14(12(16)7-13(9)17)18-8-10-4-2-3-5-11(10)15/h2-7,18H,8,17H2,1H3. The van der Waals surface area contributed by atoms with Crippen molar-refractivity contribution in [1.82, 2.24) is 0 Å². The van der Waals surface area contributed by atoms with Gasteiger partial charge in [-0.05, 0) is 52.2 Å². The molecule has 0 aliphatic rings. The van der Waals surface area contributed by atoms with E-state index >= 15 is 0 Å². The van der Waals surface area contributed by atoms with Gasteiger partial charge in [0.05, 0.1) is 0 Å². The fourth-order valence-electron chi connectivity index (χ4n) is 1.66. The molecule has 0 unspecified atom stereocenters. The van der Waals surface area contributed by atoms with E-state index in [2.05, 4.69) is 49.3 Å². The Hall–Kier alpha value is -1.00. The van der Waals surface area contributed by atoms with Crippen molar-refractivity contribution in [3.63, 3.8) is 0 Å². The van der Waals surface area contributed by atoms with Crippen molar-refractivity contribution in [3.8, 4) is 0 Å². The van der Waals surface area contributed by atoms with Gasteiger partial charge in [-0.15, -0.1) is 0 Å². The first-order chi connectivity index (χ1) is 8.58. The number of hydrogen-bond donors (Lipinski definition) is 2. The first-order valence-electron chi connectivity index (χ1n) is 5.61. The summed E-state index contributed by atoms with van der Waals surface area (Å²) in [4.78, 5) is 0. The number of nitrogens with one attached hydrogen (secondary N) is 1. The number of anilines is 2. The van der Waals surface area contributed by atoms with Gasteiger partial charge in [0.15, 0.2) is 0 Å². The molecule has 0 aliphatic heterocycles. The predicted octanol–water partition coefficient (Wildman–Crippen LogP) is 4.71. The van der Waals surface area contributed by atoms with Crippen molar-refractivity contribution in [1.29, 1.82) is 0 Å². The molecule has 0 heterocycles. The van der Waals surface area contributed by atoms with Gasteiger partial charge in [-0.2, -0.15) is 0 Å². The Labute approximate surface area is 124 Å². The molecule has 0 fully saturated rings. The second-order valence-corrected chi connectivity index (χ2v) is 5.84. The molecule has 0 spiro atoms. The van der Waals surface area contributed by atoms with Crippen molar-refractivity contribution < 1.29 is 0 Å². The lowest BCUT2D eigenvalue weighted by atomic mass is 10.1. The third-order valence-corrected chi connectivity index (χ3v) is 4.21. The summed E-state index contributed by atoms with van der Waals surface area (Å²) in [5.41, 5.74) is 10.0. The van der Waals surface area contributed by atoms with E-state index in [0.29, 0.717) is 0 Å². The topological polar surface area (TPSA) is 38.0 Å². The summed E-state index contributed by atoms with van der Waals surface area (Å²) in [6, 6.07) is 12.2. The van der Waals surface area contributed by atoms with E-state index in [1.54, 1.807) is 0 Å². The second kappa shape index (κ2) is 5.76. The average Bonchev–Trinajstić information content (AvgIpc) is 2.34. The lowest BCUT2D eigenvalue weighted by Crippen LogP contribution is -2.02. The van der Waals surface area contributed by atoms with Gasteiger partial charge in [0.1, 0.15) is 0 Å². The predicted molar refractivity (Wildman–Crippen MR) is 84.8 cm³/mol. The van der Waals surface area contributed by atoms with Crippen LogP contribution in [0.25, 0.3) is 0 Å². The molecule has 0 amide bonds. The summed E-state index contributed by atoms with van der Waals surface area (Å²) in [5, 5.41) is 3.41. The van der Waals surface area contributed by atoms with Gasteiger partial charge in [-0.3, -0.25) is 0 Å². The van der Waals surface area contributed by atoms with Crippen molar-refractivity contribution in [3.05, 3.63) is 56.5 Å². The van der Waals surface area contributed by atoms with Crippen molar-refractivity contribution >= 4 is 43.2 Å². The minimum Gasteiger partial charge on any atom is -0.398 e. The highest BCUT2D eigenvalue weighted by Gasteiger charge is 2.04. The maximum absolute atomic E-state index is 5.86. The summed E-state index contributed by atoms with van der Waals surface area (Å²) in [6.07, 6.45) is 0. The molecule has 94 valence electrons. The van der Waals surface area contributed by atoms with Gasteiger partial charge in [-0.1, -0.05) is 34.1 Å². The van der Waals surface area contributed by atoms with Crippen LogP contribution < -0.4 is 11.1 Å². The molecule has 2 aromatic rings. The highest BCUT2D eigenvalue weighted by Crippen LogP contribution is 2.28. The van der Waals surface area contributed by atoms with Crippen LogP contribution in [0.15, 0.2) is 45.3 Å². The molecule has 0 aromatic heterocycles. The number of nitrogen functional groups attached to an aromatic ring is 1. The molecular formula is C14H14Br2N2. The largest absolute Gasteiger partial charge is 0.398 e. The molecule has 0 saturated heterocycles.